The first-order chi connectivity index (χ1) is 7.27. The third-order valence-electron chi connectivity index (χ3n) is 3.01. The first-order valence-corrected chi connectivity index (χ1v) is 5.85. The minimum Gasteiger partial charge on any atom is -0.383 e. The Balaban J connectivity index is 2.13. The van der Waals surface area contributed by atoms with Crippen LogP contribution in [0.5, 0.6) is 0 Å². The van der Waals surface area contributed by atoms with Crippen molar-refractivity contribution in [2.75, 3.05) is 33.4 Å². The van der Waals surface area contributed by atoms with Crippen LogP contribution in [-0.2, 0) is 4.74 Å². The van der Waals surface area contributed by atoms with E-state index < -0.39 is 0 Å². The van der Waals surface area contributed by atoms with Gasteiger partial charge in [-0.3, -0.25) is 4.90 Å². The van der Waals surface area contributed by atoms with Crippen LogP contribution in [0, 0.1) is 5.92 Å². The molecule has 1 aliphatic rings. The quantitative estimate of drug-likeness (QED) is 0.585. The molecule has 1 rings (SSSR count). The highest BCUT2D eigenvalue weighted by Crippen LogP contribution is 2.32. The van der Waals surface area contributed by atoms with E-state index in [0.29, 0.717) is 6.04 Å². The standard InChI is InChI=1S/C12H24N2O/c1-3-7-14(9-10-15-2)8-6-12(13)11-4-5-11/h3,11-12H,1,4-10,13H2,2H3. The molecule has 0 aromatic rings. The van der Waals surface area contributed by atoms with Crippen molar-refractivity contribution in [3.05, 3.63) is 12.7 Å². The Morgan fingerprint density at radius 2 is 2.27 bits per heavy atom. The van der Waals surface area contributed by atoms with E-state index in [9.17, 15) is 0 Å². The van der Waals surface area contributed by atoms with Crippen molar-refractivity contribution in [1.29, 1.82) is 0 Å². The van der Waals surface area contributed by atoms with Gasteiger partial charge in [0.1, 0.15) is 0 Å². The minimum atomic E-state index is 0.403. The molecule has 88 valence electrons. The molecule has 15 heavy (non-hydrogen) atoms. The van der Waals surface area contributed by atoms with Gasteiger partial charge in [0.2, 0.25) is 0 Å². The van der Waals surface area contributed by atoms with E-state index in [-0.39, 0.29) is 0 Å². The van der Waals surface area contributed by atoms with Crippen LogP contribution in [0.1, 0.15) is 19.3 Å². The highest BCUT2D eigenvalue weighted by molar-refractivity contribution is 4.85. The molecular weight excluding hydrogens is 188 g/mol. The van der Waals surface area contributed by atoms with Crippen molar-refractivity contribution < 1.29 is 4.74 Å². The Morgan fingerprint density at radius 3 is 2.80 bits per heavy atom. The van der Waals surface area contributed by atoms with E-state index >= 15 is 0 Å². The molecule has 0 heterocycles. The molecule has 1 fully saturated rings. The van der Waals surface area contributed by atoms with Gasteiger partial charge in [-0.15, -0.1) is 6.58 Å². The molecule has 0 aromatic carbocycles. The van der Waals surface area contributed by atoms with Crippen LogP contribution in [0.3, 0.4) is 0 Å². The predicted octanol–water partition coefficient (Wildman–Crippen LogP) is 1.25. The predicted molar refractivity (Wildman–Crippen MR) is 63.8 cm³/mol. The molecule has 0 saturated heterocycles. The molecule has 3 nitrogen and oxygen atoms in total. The van der Waals surface area contributed by atoms with Crippen LogP contribution in [0.4, 0.5) is 0 Å². The number of hydrogen-bond acceptors (Lipinski definition) is 3. The summed E-state index contributed by atoms with van der Waals surface area (Å²) < 4.78 is 5.08. The SMILES string of the molecule is C=CCN(CCOC)CCC(N)C1CC1. The third kappa shape index (κ3) is 5.30. The summed E-state index contributed by atoms with van der Waals surface area (Å²) >= 11 is 0. The molecular formula is C12H24N2O. The Kier molecular flexibility index (Phi) is 5.91. The van der Waals surface area contributed by atoms with Crippen molar-refractivity contribution in [2.24, 2.45) is 11.7 Å². The summed E-state index contributed by atoms with van der Waals surface area (Å²) in [7, 11) is 1.74. The first-order valence-electron chi connectivity index (χ1n) is 5.85. The van der Waals surface area contributed by atoms with Crippen LogP contribution in [0.15, 0.2) is 12.7 Å². The first kappa shape index (κ1) is 12.7. The molecule has 0 aliphatic heterocycles. The van der Waals surface area contributed by atoms with Crippen molar-refractivity contribution in [3.63, 3.8) is 0 Å². The number of hydrogen-bond donors (Lipinski definition) is 1. The zero-order chi connectivity index (χ0) is 11.1. The van der Waals surface area contributed by atoms with Gasteiger partial charge < -0.3 is 10.5 Å². The monoisotopic (exact) mass is 212 g/mol. The zero-order valence-corrected chi connectivity index (χ0v) is 9.82. The van der Waals surface area contributed by atoms with Crippen molar-refractivity contribution in [3.8, 4) is 0 Å². The van der Waals surface area contributed by atoms with E-state index in [4.69, 9.17) is 10.5 Å². The van der Waals surface area contributed by atoms with Gasteiger partial charge in [0, 0.05) is 32.8 Å². The molecule has 0 amide bonds. The number of nitrogens with zero attached hydrogens (tertiary/aromatic N) is 1. The topological polar surface area (TPSA) is 38.5 Å². The van der Waals surface area contributed by atoms with Gasteiger partial charge in [-0.05, 0) is 25.2 Å². The Bertz CT molecular complexity index is 180. The van der Waals surface area contributed by atoms with Gasteiger partial charge in [-0.1, -0.05) is 6.08 Å². The number of rotatable bonds is 9. The largest absolute Gasteiger partial charge is 0.383 e. The van der Waals surface area contributed by atoms with Gasteiger partial charge in [-0.2, -0.15) is 0 Å². The minimum absolute atomic E-state index is 0.403. The van der Waals surface area contributed by atoms with E-state index in [1.54, 1.807) is 7.11 Å². The second-order valence-electron chi connectivity index (χ2n) is 4.37. The van der Waals surface area contributed by atoms with Gasteiger partial charge in [0.15, 0.2) is 0 Å². The van der Waals surface area contributed by atoms with E-state index in [1.165, 1.54) is 12.8 Å². The molecule has 1 unspecified atom stereocenters. The molecule has 0 spiro atoms. The normalized spacial score (nSPS) is 18.1. The summed E-state index contributed by atoms with van der Waals surface area (Å²) in [4.78, 5) is 2.35. The van der Waals surface area contributed by atoms with Gasteiger partial charge in [0.25, 0.3) is 0 Å². The van der Waals surface area contributed by atoms with Gasteiger partial charge in [0.05, 0.1) is 6.61 Å². The lowest BCUT2D eigenvalue weighted by Gasteiger charge is -2.22. The molecule has 1 atom stereocenters. The maximum Gasteiger partial charge on any atom is 0.0589 e. The van der Waals surface area contributed by atoms with Crippen molar-refractivity contribution in [2.45, 2.75) is 25.3 Å². The van der Waals surface area contributed by atoms with Gasteiger partial charge >= 0.3 is 0 Å². The molecule has 0 bridgehead atoms. The Labute approximate surface area is 93.3 Å². The van der Waals surface area contributed by atoms with Crippen LogP contribution < -0.4 is 5.73 Å². The lowest BCUT2D eigenvalue weighted by Crippen LogP contribution is -2.33. The fourth-order valence-corrected chi connectivity index (χ4v) is 1.79. The van der Waals surface area contributed by atoms with Crippen molar-refractivity contribution >= 4 is 0 Å². The number of nitrogens with two attached hydrogens (primary N) is 1. The lowest BCUT2D eigenvalue weighted by atomic mass is 10.1. The average molecular weight is 212 g/mol. The molecule has 1 aliphatic carbocycles. The summed E-state index contributed by atoms with van der Waals surface area (Å²) in [5.41, 5.74) is 6.07. The van der Waals surface area contributed by atoms with Crippen LogP contribution in [-0.4, -0.2) is 44.3 Å². The second kappa shape index (κ2) is 6.99. The molecule has 0 radical (unpaired) electrons. The van der Waals surface area contributed by atoms with Gasteiger partial charge in [-0.25, -0.2) is 0 Å². The fourth-order valence-electron chi connectivity index (χ4n) is 1.79. The smallest absolute Gasteiger partial charge is 0.0589 e. The highest BCUT2D eigenvalue weighted by Gasteiger charge is 2.28. The maximum atomic E-state index is 6.07. The van der Waals surface area contributed by atoms with E-state index in [0.717, 1.165) is 38.6 Å². The summed E-state index contributed by atoms with van der Waals surface area (Å²) in [5.74, 6) is 0.804. The van der Waals surface area contributed by atoms with Crippen molar-refractivity contribution in [1.82, 2.24) is 4.90 Å². The van der Waals surface area contributed by atoms with Crippen LogP contribution >= 0.6 is 0 Å². The molecule has 2 N–H and O–H groups in total. The Hall–Kier alpha value is -0.380. The zero-order valence-electron chi connectivity index (χ0n) is 9.82. The third-order valence-corrected chi connectivity index (χ3v) is 3.01. The number of ether oxygens (including phenoxy) is 1. The fraction of sp³-hybridized carbons (Fsp3) is 0.833. The number of methoxy groups -OCH3 is 1. The molecule has 0 aromatic heterocycles. The highest BCUT2D eigenvalue weighted by atomic mass is 16.5. The van der Waals surface area contributed by atoms with Crippen LogP contribution in [0.25, 0.3) is 0 Å². The summed E-state index contributed by atoms with van der Waals surface area (Å²) in [6.45, 7) is 7.52. The Morgan fingerprint density at radius 1 is 1.53 bits per heavy atom. The lowest BCUT2D eigenvalue weighted by molar-refractivity contribution is 0.152. The summed E-state index contributed by atoms with van der Waals surface area (Å²) in [6.07, 6.45) is 5.71. The van der Waals surface area contributed by atoms with E-state index in [2.05, 4.69) is 11.5 Å². The van der Waals surface area contributed by atoms with E-state index in [1.807, 2.05) is 6.08 Å². The average Bonchev–Trinajstić information content (AvgIpc) is 3.05. The second-order valence-corrected chi connectivity index (χ2v) is 4.37. The summed E-state index contributed by atoms with van der Waals surface area (Å²) in [5, 5.41) is 0. The van der Waals surface area contributed by atoms with Crippen LogP contribution in [0.2, 0.25) is 0 Å². The molecule has 3 heteroatoms. The molecule has 1 saturated carbocycles. The maximum absolute atomic E-state index is 6.07. The summed E-state index contributed by atoms with van der Waals surface area (Å²) in [6, 6.07) is 0.403.